The van der Waals surface area contributed by atoms with Crippen molar-refractivity contribution in [1.82, 2.24) is 14.5 Å². The number of pyridine rings is 1. The maximum Gasteiger partial charge on any atom is 0.329 e. The van der Waals surface area contributed by atoms with Gasteiger partial charge in [-0.3, -0.25) is 19.1 Å². The van der Waals surface area contributed by atoms with E-state index in [4.69, 9.17) is 4.74 Å². The number of hydrogen-bond donors (Lipinski definition) is 2. The van der Waals surface area contributed by atoms with Crippen molar-refractivity contribution in [2.45, 2.75) is 40.2 Å². The van der Waals surface area contributed by atoms with Gasteiger partial charge >= 0.3 is 5.69 Å². The Kier molecular flexibility index (Phi) is 5.36. The molecule has 0 spiro atoms. The van der Waals surface area contributed by atoms with Crippen LogP contribution in [0.3, 0.4) is 0 Å². The zero-order valence-electron chi connectivity index (χ0n) is 15.8. The molecule has 0 bridgehead atoms. The summed E-state index contributed by atoms with van der Waals surface area (Å²) in [4.78, 5) is 44.6. The van der Waals surface area contributed by atoms with Crippen molar-refractivity contribution < 1.29 is 4.74 Å². The molecule has 0 amide bonds. The summed E-state index contributed by atoms with van der Waals surface area (Å²) < 4.78 is 6.55. The van der Waals surface area contributed by atoms with Gasteiger partial charge in [-0.15, -0.1) is 11.3 Å². The van der Waals surface area contributed by atoms with Gasteiger partial charge in [-0.05, 0) is 17.9 Å². The molecule has 0 aromatic carbocycles. The first kappa shape index (κ1) is 19.2. The third-order valence-corrected chi connectivity index (χ3v) is 5.45. The molecule has 0 fully saturated rings. The minimum atomic E-state index is -0.495. The van der Waals surface area contributed by atoms with Crippen molar-refractivity contribution in [3.8, 4) is 5.75 Å². The molecule has 3 aromatic rings. The van der Waals surface area contributed by atoms with Gasteiger partial charge in [0.25, 0.3) is 5.56 Å². The SMILES string of the molecule is CC(C)COc1c[nH]c(Cn2c(=O)[nH]c3sc(C(C)C)cc3c2=O)cc1=O. The van der Waals surface area contributed by atoms with Crippen molar-refractivity contribution in [2.75, 3.05) is 6.61 Å². The summed E-state index contributed by atoms with van der Waals surface area (Å²) in [7, 11) is 0. The second-order valence-electron chi connectivity index (χ2n) is 7.26. The third kappa shape index (κ3) is 4.05. The molecule has 3 aromatic heterocycles. The number of fused-ring (bicyclic) bond motifs is 1. The predicted molar refractivity (Wildman–Crippen MR) is 107 cm³/mol. The Morgan fingerprint density at radius 1 is 1.15 bits per heavy atom. The highest BCUT2D eigenvalue weighted by molar-refractivity contribution is 7.18. The van der Waals surface area contributed by atoms with Crippen molar-refractivity contribution in [3.05, 3.63) is 60.0 Å². The van der Waals surface area contributed by atoms with E-state index in [2.05, 4.69) is 9.97 Å². The summed E-state index contributed by atoms with van der Waals surface area (Å²) in [6.07, 6.45) is 1.47. The lowest BCUT2D eigenvalue weighted by Crippen LogP contribution is -2.35. The van der Waals surface area contributed by atoms with Crippen LogP contribution in [0.1, 0.15) is 44.2 Å². The molecule has 2 N–H and O–H groups in total. The minimum absolute atomic E-state index is 0.0172. The van der Waals surface area contributed by atoms with Gasteiger partial charge in [-0.25, -0.2) is 4.79 Å². The molecule has 144 valence electrons. The van der Waals surface area contributed by atoms with Crippen LogP contribution in [0, 0.1) is 5.92 Å². The standard InChI is InChI=1S/C19H23N3O4S/c1-10(2)9-26-15-7-20-12(5-14(15)23)8-22-18(24)13-6-16(11(3)4)27-17(13)21-19(22)25/h5-7,10-11H,8-9H2,1-4H3,(H,20,23)(H,21,25). The molecule has 0 saturated heterocycles. The summed E-state index contributed by atoms with van der Waals surface area (Å²) in [5.74, 6) is 0.798. The highest BCUT2D eigenvalue weighted by Gasteiger charge is 2.14. The van der Waals surface area contributed by atoms with E-state index in [0.29, 0.717) is 28.4 Å². The molecule has 0 aliphatic heterocycles. The van der Waals surface area contributed by atoms with Crippen molar-refractivity contribution in [3.63, 3.8) is 0 Å². The summed E-state index contributed by atoms with van der Waals surface area (Å²) in [6.45, 7) is 8.48. The summed E-state index contributed by atoms with van der Waals surface area (Å²) in [5, 5.41) is 0.488. The van der Waals surface area contributed by atoms with Crippen molar-refractivity contribution in [1.29, 1.82) is 0 Å². The van der Waals surface area contributed by atoms with Crippen molar-refractivity contribution >= 4 is 21.6 Å². The molecule has 0 saturated carbocycles. The number of H-pyrrole nitrogens is 2. The lowest BCUT2D eigenvalue weighted by Gasteiger charge is -2.09. The lowest BCUT2D eigenvalue weighted by atomic mass is 10.2. The minimum Gasteiger partial charge on any atom is -0.488 e. The smallest absolute Gasteiger partial charge is 0.329 e. The zero-order valence-corrected chi connectivity index (χ0v) is 16.6. The van der Waals surface area contributed by atoms with Crippen LogP contribution in [0.2, 0.25) is 0 Å². The number of aromatic amines is 2. The maximum atomic E-state index is 12.8. The normalized spacial score (nSPS) is 11.6. The maximum absolute atomic E-state index is 12.8. The monoisotopic (exact) mass is 389 g/mol. The molecular weight excluding hydrogens is 366 g/mol. The number of nitrogens with one attached hydrogen (secondary N) is 2. The van der Waals surface area contributed by atoms with Gasteiger partial charge in [0.15, 0.2) is 5.75 Å². The average molecular weight is 389 g/mol. The molecule has 27 heavy (non-hydrogen) atoms. The van der Waals surface area contributed by atoms with Crippen LogP contribution in [-0.4, -0.2) is 21.1 Å². The van der Waals surface area contributed by atoms with Gasteiger partial charge in [-0.1, -0.05) is 27.7 Å². The highest BCUT2D eigenvalue weighted by Crippen LogP contribution is 2.26. The van der Waals surface area contributed by atoms with E-state index in [1.165, 1.54) is 23.6 Å². The van der Waals surface area contributed by atoms with Gasteiger partial charge in [0.1, 0.15) is 4.83 Å². The van der Waals surface area contributed by atoms with Gasteiger partial charge in [-0.2, -0.15) is 0 Å². The van der Waals surface area contributed by atoms with Crippen LogP contribution in [0.25, 0.3) is 10.2 Å². The Hall–Kier alpha value is -2.61. The summed E-state index contributed by atoms with van der Waals surface area (Å²) >= 11 is 1.42. The van der Waals surface area contributed by atoms with Gasteiger partial charge in [0.2, 0.25) is 5.43 Å². The average Bonchev–Trinajstić information content (AvgIpc) is 3.02. The molecule has 0 unspecified atom stereocenters. The highest BCUT2D eigenvalue weighted by atomic mass is 32.1. The molecule has 7 nitrogen and oxygen atoms in total. The first-order chi connectivity index (χ1) is 12.8. The van der Waals surface area contributed by atoms with E-state index in [-0.39, 0.29) is 29.2 Å². The van der Waals surface area contributed by atoms with Crippen LogP contribution >= 0.6 is 11.3 Å². The van der Waals surface area contributed by atoms with Crippen molar-refractivity contribution in [2.24, 2.45) is 5.92 Å². The molecule has 3 rings (SSSR count). The van der Waals surface area contributed by atoms with E-state index < -0.39 is 5.69 Å². The molecule has 3 heterocycles. The Balaban J connectivity index is 1.95. The Morgan fingerprint density at radius 2 is 1.89 bits per heavy atom. The third-order valence-electron chi connectivity index (χ3n) is 4.10. The van der Waals surface area contributed by atoms with Crippen LogP contribution in [0.15, 0.2) is 32.7 Å². The van der Waals surface area contributed by atoms with E-state index >= 15 is 0 Å². The predicted octanol–water partition coefficient (Wildman–Crippen LogP) is 2.65. The van der Waals surface area contributed by atoms with Gasteiger partial charge < -0.3 is 9.72 Å². The number of rotatable bonds is 6. The molecule has 0 aliphatic rings. The molecule has 8 heteroatoms. The summed E-state index contributed by atoms with van der Waals surface area (Å²) in [6, 6.07) is 3.18. The van der Waals surface area contributed by atoms with E-state index in [9.17, 15) is 14.4 Å². The lowest BCUT2D eigenvalue weighted by molar-refractivity contribution is 0.267. The fourth-order valence-electron chi connectivity index (χ4n) is 2.62. The number of aromatic nitrogens is 3. The topological polar surface area (TPSA) is 96.9 Å². The fraction of sp³-hybridized carbons (Fsp3) is 0.421. The van der Waals surface area contributed by atoms with Crippen LogP contribution < -0.4 is 21.4 Å². The molecule has 0 radical (unpaired) electrons. The van der Waals surface area contributed by atoms with Gasteiger partial charge in [0, 0.05) is 22.8 Å². The fourth-order valence-corrected chi connectivity index (χ4v) is 3.67. The van der Waals surface area contributed by atoms with Crippen LogP contribution in [0.5, 0.6) is 5.75 Å². The number of ether oxygens (including phenoxy) is 1. The molecular formula is C19H23N3O4S. The quantitative estimate of drug-likeness (QED) is 0.677. The Bertz CT molecular complexity index is 1130. The summed E-state index contributed by atoms with van der Waals surface area (Å²) in [5.41, 5.74) is -0.681. The van der Waals surface area contributed by atoms with Crippen LogP contribution in [0.4, 0.5) is 0 Å². The first-order valence-electron chi connectivity index (χ1n) is 8.87. The zero-order chi connectivity index (χ0) is 19.7. The van der Waals surface area contributed by atoms with E-state index in [1.807, 2.05) is 33.8 Å². The Labute approximate surface area is 159 Å². The second kappa shape index (κ2) is 7.56. The van der Waals surface area contributed by atoms with E-state index in [1.54, 1.807) is 0 Å². The second-order valence-corrected chi connectivity index (χ2v) is 8.34. The largest absolute Gasteiger partial charge is 0.488 e. The van der Waals surface area contributed by atoms with Crippen LogP contribution in [-0.2, 0) is 6.54 Å². The first-order valence-corrected chi connectivity index (χ1v) is 9.69. The van der Waals surface area contributed by atoms with Gasteiger partial charge in [0.05, 0.1) is 18.5 Å². The molecule has 0 atom stereocenters. The Morgan fingerprint density at radius 3 is 2.52 bits per heavy atom. The number of thiophene rings is 1. The molecule has 0 aliphatic carbocycles. The number of hydrogen-bond acceptors (Lipinski definition) is 5. The number of nitrogens with zero attached hydrogens (tertiary/aromatic N) is 1. The van der Waals surface area contributed by atoms with E-state index in [0.717, 1.165) is 9.44 Å².